The van der Waals surface area contributed by atoms with Gasteiger partial charge in [-0.3, -0.25) is 4.57 Å². The Morgan fingerprint density at radius 3 is 2.89 bits per heavy atom. The molecule has 0 saturated carbocycles. The summed E-state index contributed by atoms with van der Waals surface area (Å²) < 4.78 is 20.6. The second-order valence-corrected chi connectivity index (χ2v) is 4.27. The highest BCUT2D eigenvalue weighted by Crippen LogP contribution is 2.33. The van der Waals surface area contributed by atoms with Crippen LogP contribution in [0.5, 0.6) is 0 Å². The van der Waals surface area contributed by atoms with Crippen molar-refractivity contribution < 1.29 is 19.3 Å². The van der Waals surface area contributed by atoms with Crippen LogP contribution >= 0.6 is 0 Å². The van der Waals surface area contributed by atoms with E-state index in [4.69, 9.17) is 15.6 Å². The molecular formula is C10H12FN5O3. The normalized spacial score (nSPS) is 31.1. The molecule has 0 aliphatic carbocycles. The van der Waals surface area contributed by atoms with Crippen molar-refractivity contribution in [3.8, 4) is 0 Å². The highest BCUT2D eigenvalue weighted by molar-refractivity contribution is 5.81. The lowest BCUT2D eigenvalue weighted by Crippen LogP contribution is -2.30. The van der Waals surface area contributed by atoms with E-state index in [2.05, 4.69) is 15.0 Å². The van der Waals surface area contributed by atoms with Crippen molar-refractivity contribution >= 4 is 17.0 Å². The smallest absolute Gasteiger partial charge is 0.173 e. The van der Waals surface area contributed by atoms with Crippen LogP contribution in [0.2, 0.25) is 0 Å². The Kier molecular flexibility index (Phi) is 2.81. The van der Waals surface area contributed by atoms with E-state index in [9.17, 15) is 9.50 Å². The van der Waals surface area contributed by atoms with Crippen molar-refractivity contribution in [1.82, 2.24) is 19.5 Å². The van der Waals surface area contributed by atoms with E-state index in [1.165, 1.54) is 17.2 Å². The number of fused-ring (bicyclic) bond motifs is 1. The van der Waals surface area contributed by atoms with E-state index < -0.39 is 31.2 Å². The maximum absolute atomic E-state index is 14.0. The summed E-state index contributed by atoms with van der Waals surface area (Å²) >= 11 is 0. The number of hydrogen-bond acceptors (Lipinski definition) is 7. The van der Waals surface area contributed by atoms with Crippen LogP contribution < -0.4 is 5.73 Å². The lowest BCUT2D eigenvalue weighted by molar-refractivity contribution is -0.0459. The minimum Gasteiger partial charge on any atom is -0.394 e. The Labute approximate surface area is 106 Å². The molecule has 0 amide bonds. The zero-order valence-electron chi connectivity index (χ0n) is 9.72. The van der Waals surface area contributed by atoms with Crippen LogP contribution in [-0.2, 0) is 4.74 Å². The summed E-state index contributed by atoms with van der Waals surface area (Å²) in [7, 11) is 0. The fourth-order valence-corrected chi connectivity index (χ4v) is 2.13. The molecule has 3 rings (SSSR count). The molecule has 0 aromatic carbocycles. The summed E-state index contributed by atoms with van der Waals surface area (Å²) in [6.07, 6.45) is -2.61. The minimum absolute atomic E-state index is 0.177. The second kappa shape index (κ2) is 4.37. The van der Waals surface area contributed by atoms with Gasteiger partial charge in [0.1, 0.15) is 24.1 Å². The molecule has 1 aliphatic rings. The summed E-state index contributed by atoms with van der Waals surface area (Å²) in [6.45, 7) is -0.470. The van der Waals surface area contributed by atoms with Crippen LogP contribution in [0.4, 0.5) is 10.2 Å². The number of ether oxygens (including phenoxy) is 1. The average Bonchev–Trinajstić information content (AvgIpc) is 2.94. The number of alkyl halides is 1. The molecule has 1 unspecified atom stereocenters. The number of halogens is 1. The molecule has 9 heteroatoms. The minimum atomic E-state index is -1.69. The van der Waals surface area contributed by atoms with Crippen molar-refractivity contribution in [3.05, 3.63) is 12.7 Å². The van der Waals surface area contributed by atoms with E-state index >= 15 is 0 Å². The van der Waals surface area contributed by atoms with Gasteiger partial charge in [0.05, 0.1) is 12.9 Å². The Morgan fingerprint density at radius 1 is 1.42 bits per heavy atom. The molecular weight excluding hydrogens is 257 g/mol. The lowest BCUT2D eigenvalue weighted by atomic mass is 10.1. The first-order valence-electron chi connectivity index (χ1n) is 5.65. The van der Waals surface area contributed by atoms with Gasteiger partial charge in [0.25, 0.3) is 0 Å². The van der Waals surface area contributed by atoms with E-state index in [1.54, 1.807) is 0 Å². The first-order chi connectivity index (χ1) is 9.13. The molecule has 1 fully saturated rings. The summed E-state index contributed by atoms with van der Waals surface area (Å²) in [4.78, 5) is 11.8. The monoisotopic (exact) mass is 269 g/mol. The number of aromatic nitrogens is 4. The molecule has 4 atom stereocenters. The number of imidazole rings is 1. The van der Waals surface area contributed by atoms with Gasteiger partial charge >= 0.3 is 0 Å². The number of nitrogens with zero attached hydrogens (tertiary/aromatic N) is 4. The predicted molar refractivity (Wildman–Crippen MR) is 61.6 cm³/mol. The molecule has 1 saturated heterocycles. The molecule has 2 aromatic rings. The van der Waals surface area contributed by atoms with Crippen molar-refractivity contribution in [1.29, 1.82) is 0 Å². The lowest BCUT2D eigenvalue weighted by Gasteiger charge is -2.14. The van der Waals surface area contributed by atoms with E-state index in [0.29, 0.717) is 11.2 Å². The third-order valence-electron chi connectivity index (χ3n) is 3.13. The summed E-state index contributed by atoms with van der Waals surface area (Å²) in [5.74, 6) is 0.177. The first-order valence-corrected chi connectivity index (χ1v) is 5.65. The van der Waals surface area contributed by atoms with Gasteiger partial charge in [-0.25, -0.2) is 19.3 Å². The third kappa shape index (κ3) is 1.74. The quantitative estimate of drug-likeness (QED) is 0.639. The van der Waals surface area contributed by atoms with Crippen LogP contribution in [0.3, 0.4) is 0 Å². The fraction of sp³-hybridized carbons (Fsp3) is 0.500. The topological polar surface area (TPSA) is 119 Å². The third-order valence-corrected chi connectivity index (χ3v) is 3.13. The van der Waals surface area contributed by atoms with Gasteiger partial charge in [-0.05, 0) is 0 Å². The van der Waals surface area contributed by atoms with Crippen LogP contribution in [0.25, 0.3) is 11.2 Å². The Balaban J connectivity index is 2.04. The number of nitrogen functional groups attached to an aromatic ring is 1. The standard InChI is InChI=1S/C10H12FN5O3/c11-5-7(18)4(1-17)19-10(5)16-3-15-6-8(12)13-2-14-9(6)16/h2-5,7,10,17-18H,1H2,(H2,12,13,14)/t4?,5-,7-,10-/m1/s1. The predicted octanol–water partition coefficient (Wildman–Crippen LogP) is -1.00. The number of nitrogens with two attached hydrogens (primary N) is 1. The summed E-state index contributed by atoms with van der Waals surface area (Å²) in [5, 5.41) is 18.6. The van der Waals surface area contributed by atoms with Gasteiger partial charge in [0.2, 0.25) is 0 Å². The van der Waals surface area contributed by atoms with Crippen LogP contribution in [0, 0.1) is 0 Å². The number of anilines is 1. The zero-order chi connectivity index (χ0) is 13.6. The largest absolute Gasteiger partial charge is 0.394 e. The highest BCUT2D eigenvalue weighted by Gasteiger charge is 2.45. The van der Waals surface area contributed by atoms with Gasteiger partial charge in [-0.15, -0.1) is 0 Å². The molecule has 19 heavy (non-hydrogen) atoms. The molecule has 1 aliphatic heterocycles. The molecule has 0 spiro atoms. The van der Waals surface area contributed by atoms with E-state index in [0.717, 1.165) is 0 Å². The van der Waals surface area contributed by atoms with Crippen LogP contribution in [0.15, 0.2) is 12.7 Å². The molecule has 102 valence electrons. The number of hydrogen-bond donors (Lipinski definition) is 3. The Hall–Kier alpha value is -1.84. The van der Waals surface area contributed by atoms with E-state index in [1.807, 2.05) is 0 Å². The number of aliphatic hydroxyl groups excluding tert-OH is 2. The fourth-order valence-electron chi connectivity index (χ4n) is 2.13. The first kappa shape index (κ1) is 12.2. The van der Waals surface area contributed by atoms with Crippen molar-refractivity contribution in [2.75, 3.05) is 12.3 Å². The van der Waals surface area contributed by atoms with Crippen LogP contribution in [-0.4, -0.2) is 54.7 Å². The molecule has 4 N–H and O–H groups in total. The van der Waals surface area contributed by atoms with Gasteiger partial charge in [0, 0.05) is 0 Å². The number of rotatable bonds is 2. The summed E-state index contributed by atoms with van der Waals surface area (Å²) in [5.41, 5.74) is 6.28. The van der Waals surface area contributed by atoms with Gasteiger partial charge in [-0.2, -0.15) is 0 Å². The second-order valence-electron chi connectivity index (χ2n) is 4.27. The highest BCUT2D eigenvalue weighted by atomic mass is 19.1. The van der Waals surface area contributed by atoms with Crippen molar-refractivity contribution in [3.63, 3.8) is 0 Å². The molecule has 0 bridgehead atoms. The maximum Gasteiger partial charge on any atom is 0.173 e. The van der Waals surface area contributed by atoms with Crippen molar-refractivity contribution in [2.24, 2.45) is 0 Å². The van der Waals surface area contributed by atoms with Crippen LogP contribution in [0.1, 0.15) is 6.23 Å². The number of aliphatic hydroxyl groups is 2. The van der Waals surface area contributed by atoms with E-state index in [-0.39, 0.29) is 5.82 Å². The molecule has 8 nitrogen and oxygen atoms in total. The zero-order valence-corrected chi connectivity index (χ0v) is 9.72. The van der Waals surface area contributed by atoms with Gasteiger partial charge in [0.15, 0.2) is 23.9 Å². The SMILES string of the molecule is Nc1ncnc2c1ncn2[C@@H]1OC(CO)[C@@H](O)[C@H]1F. The Morgan fingerprint density at radius 2 is 2.21 bits per heavy atom. The van der Waals surface area contributed by atoms with Gasteiger partial charge in [-0.1, -0.05) is 0 Å². The summed E-state index contributed by atoms with van der Waals surface area (Å²) in [6, 6.07) is 0. The molecule has 3 heterocycles. The maximum atomic E-state index is 14.0. The average molecular weight is 269 g/mol. The molecule has 0 radical (unpaired) electrons. The Bertz CT molecular complexity index is 606. The van der Waals surface area contributed by atoms with Crippen molar-refractivity contribution in [2.45, 2.75) is 24.6 Å². The van der Waals surface area contributed by atoms with Gasteiger partial charge < -0.3 is 20.7 Å². The molecule has 2 aromatic heterocycles.